The van der Waals surface area contributed by atoms with Crippen LogP contribution in [0.3, 0.4) is 0 Å². The Kier molecular flexibility index (Phi) is 3.78. The Morgan fingerprint density at radius 3 is 2.33 bits per heavy atom. The van der Waals surface area contributed by atoms with E-state index in [2.05, 4.69) is 0 Å². The molecule has 2 N–H and O–H groups in total. The summed E-state index contributed by atoms with van der Waals surface area (Å²) in [4.78, 5) is 0. The lowest BCUT2D eigenvalue weighted by atomic mass is 9.96. The topological polar surface area (TPSA) is 26.0 Å². The van der Waals surface area contributed by atoms with Crippen molar-refractivity contribution in [3.63, 3.8) is 0 Å². The number of benzene rings is 2. The van der Waals surface area contributed by atoms with Crippen LogP contribution in [-0.4, -0.2) is 0 Å². The van der Waals surface area contributed by atoms with E-state index in [0.717, 1.165) is 16.7 Å². The first kappa shape index (κ1) is 12.8. The first-order valence-electron chi connectivity index (χ1n) is 6.14. The molecular weight excluding hydrogens is 225 g/mol. The van der Waals surface area contributed by atoms with E-state index in [9.17, 15) is 4.39 Å². The van der Waals surface area contributed by atoms with Crippen molar-refractivity contribution in [1.29, 1.82) is 0 Å². The normalized spacial score (nSPS) is 12.4. The number of rotatable bonds is 3. The van der Waals surface area contributed by atoms with Gasteiger partial charge in [-0.15, -0.1) is 0 Å². The average Bonchev–Trinajstić information content (AvgIpc) is 2.35. The van der Waals surface area contributed by atoms with Crippen molar-refractivity contribution in [1.82, 2.24) is 0 Å². The maximum Gasteiger partial charge on any atom is 0.128 e. The molecule has 0 amide bonds. The highest BCUT2D eigenvalue weighted by atomic mass is 19.1. The number of hydrogen-bond donors (Lipinski definition) is 1. The van der Waals surface area contributed by atoms with Crippen LogP contribution in [0, 0.1) is 19.7 Å². The van der Waals surface area contributed by atoms with Gasteiger partial charge in [-0.25, -0.2) is 4.39 Å². The Morgan fingerprint density at radius 2 is 1.67 bits per heavy atom. The third-order valence-electron chi connectivity index (χ3n) is 3.31. The van der Waals surface area contributed by atoms with Crippen LogP contribution in [0.1, 0.15) is 28.3 Å². The summed E-state index contributed by atoms with van der Waals surface area (Å²) in [6, 6.07) is 13.1. The van der Waals surface area contributed by atoms with Gasteiger partial charge in [-0.2, -0.15) is 0 Å². The van der Waals surface area contributed by atoms with Gasteiger partial charge in [-0.1, -0.05) is 36.4 Å². The predicted molar refractivity (Wildman–Crippen MR) is 72.9 cm³/mol. The second-order valence-corrected chi connectivity index (χ2v) is 4.75. The van der Waals surface area contributed by atoms with E-state index in [1.807, 2.05) is 50.2 Å². The molecule has 2 aromatic rings. The summed E-state index contributed by atoms with van der Waals surface area (Å²) in [5, 5.41) is 0. The van der Waals surface area contributed by atoms with Crippen molar-refractivity contribution in [2.45, 2.75) is 26.3 Å². The van der Waals surface area contributed by atoms with Crippen LogP contribution in [0.4, 0.5) is 4.39 Å². The van der Waals surface area contributed by atoms with Gasteiger partial charge in [0.25, 0.3) is 0 Å². The molecule has 0 radical (unpaired) electrons. The maximum atomic E-state index is 13.9. The average molecular weight is 243 g/mol. The molecule has 0 aliphatic rings. The predicted octanol–water partition coefficient (Wildman–Crippen LogP) is 3.69. The third kappa shape index (κ3) is 2.77. The number of hydrogen-bond acceptors (Lipinski definition) is 1. The molecule has 1 nitrogen and oxygen atoms in total. The van der Waals surface area contributed by atoms with E-state index in [1.165, 1.54) is 0 Å². The monoisotopic (exact) mass is 243 g/mol. The Labute approximate surface area is 107 Å². The van der Waals surface area contributed by atoms with Crippen LogP contribution in [0.15, 0.2) is 42.5 Å². The van der Waals surface area contributed by atoms with Gasteiger partial charge < -0.3 is 5.73 Å². The molecule has 94 valence electrons. The van der Waals surface area contributed by atoms with Crippen LogP contribution < -0.4 is 5.73 Å². The lowest BCUT2D eigenvalue weighted by Crippen LogP contribution is -2.15. The molecule has 0 fully saturated rings. The Bertz CT molecular complexity index is 534. The molecule has 0 saturated carbocycles. The van der Waals surface area contributed by atoms with Crippen LogP contribution in [-0.2, 0) is 6.42 Å². The highest BCUT2D eigenvalue weighted by molar-refractivity contribution is 5.34. The van der Waals surface area contributed by atoms with Gasteiger partial charge in [0.05, 0.1) is 0 Å². The van der Waals surface area contributed by atoms with Crippen molar-refractivity contribution in [3.05, 3.63) is 70.5 Å². The maximum absolute atomic E-state index is 13.9. The van der Waals surface area contributed by atoms with Crippen LogP contribution in [0.5, 0.6) is 0 Å². The molecule has 0 aromatic heterocycles. The van der Waals surface area contributed by atoms with Gasteiger partial charge in [0, 0.05) is 11.6 Å². The van der Waals surface area contributed by atoms with Crippen molar-refractivity contribution >= 4 is 0 Å². The molecular formula is C16H18FN. The van der Waals surface area contributed by atoms with E-state index in [4.69, 9.17) is 5.73 Å². The fourth-order valence-electron chi connectivity index (χ4n) is 2.07. The minimum atomic E-state index is -0.299. The first-order valence-corrected chi connectivity index (χ1v) is 6.14. The molecule has 18 heavy (non-hydrogen) atoms. The summed E-state index contributed by atoms with van der Waals surface area (Å²) < 4.78 is 13.9. The SMILES string of the molecule is Cc1cc(F)c(C(N)Cc2ccccc2)cc1C. The van der Waals surface area contributed by atoms with Gasteiger partial charge in [0.15, 0.2) is 0 Å². The van der Waals surface area contributed by atoms with Crippen LogP contribution >= 0.6 is 0 Å². The molecule has 0 aliphatic heterocycles. The standard InChI is InChI=1S/C16H18FN/c1-11-8-14(15(17)9-12(11)2)16(18)10-13-6-4-3-5-7-13/h3-9,16H,10,18H2,1-2H3. The van der Waals surface area contributed by atoms with Crippen molar-refractivity contribution in [2.24, 2.45) is 5.73 Å². The van der Waals surface area contributed by atoms with E-state index < -0.39 is 0 Å². The van der Waals surface area contributed by atoms with Crippen molar-refractivity contribution in [3.8, 4) is 0 Å². The number of nitrogens with two attached hydrogens (primary N) is 1. The molecule has 0 bridgehead atoms. The van der Waals surface area contributed by atoms with Crippen LogP contribution in [0.2, 0.25) is 0 Å². The smallest absolute Gasteiger partial charge is 0.128 e. The van der Waals surface area contributed by atoms with Gasteiger partial charge in [-0.3, -0.25) is 0 Å². The third-order valence-corrected chi connectivity index (χ3v) is 3.31. The highest BCUT2D eigenvalue weighted by Gasteiger charge is 2.13. The molecule has 0 spiro atoms. The van der Waals surface area contributed by atoms with E-state index >= 15 is 0 Å². The van der Waals surface area contributed by atoms with Crippen molar-refractivity contribution < 1.29 is 4.39 Å². The van der Waals surface area contributed by atoms with Gasteiger partial charge in [0.1, 0.15) is 5.82 Å². The highest BCUT2D eigenvalue weighted by Crippen LogP contribution is 2.22. The minimum Gasteiger partial charge on any atom is -0.324 e. The molecule has 2 rings (SSSR count). The van der Waals surface area contributed by atoms with Gasteiger partial charge in [-0.05, 0) is 43.0 Å². The van der Waals surface area contributed by atoms with Gasteiger partial charge >= 0.3 is 0 Å². The quantitative estimate of drug-likeness (QED) is 0.874. The second-order valence-electron chi connectivity index (χ2n) is 4.75. The minimum absolute atomic E-state index is 0.207. The second kappa shape index (κ2) is 5.32. The van der Waals surface area contributed by atoms with E-state index in [0.29, 0.717) is 12.0 Å². The largest absolute Gasteiger partial charge is 0.324 e. The zero-order valence-electron chi connectivity index (χ0n) is 10.8. The Morgan fingerprint density at radius 1 is 1.06 bits per heavy atom. The molecule has 2 aromatic carbocycles. The van der Waals surface area contributed by atoms with E-state index in [1.54, 1.807) is 6.07 Å². The molecule has 2 heteroatoms. The molecule has 0 heterocycles. The fraction of sp³-hybridized carbons (Fsp3) is 0.250. The van der Waals surface area contributed by atoms with Gasteiger partial charge in [0.2, 0.25) is 0 Å². The zero-order chi connectivity index (χ0) is 13.1. The summed E-state index contributed by atoms with van der Waals surface area (Å²) in [5.41, 5.74) is 9.87. The lowest BCUT2D eigenvalue weighted by Gasteiger charge is -2.15. The number of halogens is 1. The lowest BCUT2D eigenvalue weighted by molar-refractivity contribution is 0.578. The molecule has 1 atom stereocenters. The number of aryl methyl sites for hydroxylation is 2. The fourth-order valence-corrected chi connectivity index (χ4v) is 2.07. The first-order chi connectivity index (χ1) is 8.58. The Balaban J connectivity index is 2.24. The summed E-state index contributed by atoms with van der Waals surface area (Å²) in [6.07, 6.45) is 0.653. The zero-order valence-corrected chi connectivity index (χ0v) is 10.8. The molecule has 0 saturated heterocycles. The summed E-state index contributed by atoms with van der Waals surface area (Å²) in [5.74, 6) is -0.207. The summed E-state index contributed by atoms with van der Waals surface area (Å²) >= 11 is 0. The molecule has 1 unspecified atom stereocenters. The summed E-state index contributed by atoms with van der Waals surface area (Å²) in [7, 11) is 0. The van der Waals surface area contributed by atoms with E-state index in [-0.39, 0.29) is 11.9 Å². The van der Waals surface area contributed by atoms with Crippen molar-refractivity contribution in [2.75, 3.05) is 0 Å². The Hall–Kier alpha value is -1.67. The molecule has 0 aliphatic carbocycles. The van der Waals surface area contributed by atoms with Crippen LogP contribution in [0.25, 0.3) is 0 Å². The summed E-state index contributed by atoms with van der Waals surface area (Å²) in [6.45, 7) is 3.89.